The van der Waals surface area contributed by atoms with Crippen LogP contribution in [0.1, 0.15) is 0 Å². The normalized spacial score (nSPS) is 10.9. The van der Waals surface area contributed by atoms with Crippen molar-refractivity contribution < 1.29 is 14.3 Å². The molecule has 3 aromatic rings. The molecule has 0 unspecified atom stereocenters. The molecule has 0 aliphatic carbocycles. The summed E-state index contributed by atoms with van der Waals surface area (Å²) in [5.74, 6) is -0.303. The lowest BCUT2D eigenvalue weighted by molar-refractivity contribution is -0.113. The molecule has 0 aliphatic heterocycles. The van der Waals surface area contributed by atoms with E-state index in [1.807, 2.05) is 0 Å². The van der Waals surface area contributed by atoms with E-state index in [0.29, 0.717) is 32.1 Å². The van der Waals surface area contributed by atoms with E-state index in [4.69, 9.17) is 27.6 Å². The Kier molecular flexibility index (Phi) is 4.66. The zero-order valence-electron chi connectivity index (χ0n) is 11.5. The monoisotopic (exact) mass is 368 g/mol. The number of aromatic nitrogens is 1. The van der Waals surface area contributed by atoms with Gasteiger partial charge in [0.25, 0.3) is 5.22 Å². The lowest BCUT2D eigenvalue weighted by atomic mass is 10.3. The van der Waals surface area contributed by atoms with Gasteiger partial charge in [-0.15, -0.1) is 0 Å². The van der Waals surface area contributed by atoms with E-state index in [1.54, 1.807) is 24.3 Å². The largest absolute Gasteiger partial charge is 0.506 e. The molecule has 0 saturated heterocycles. The number of rotatable bonds is 4. The van der Waals surface area contributed by atoms with Gasteiger partial charge in [-0.05, 0) is 24.3 Å². The predicted octanol–water partition coefficient (Wildman–Crippen LogP) is 4.57. The van der Waals surface area contributed by atoms with Crippen LogP contribution in [-0.4, -0.2) is 21.8 Å². The minimum absolute atomic E-state index is 0.0859. The van der Waals surface area contributed by atoms with Gasteiger partial charge in [0.1, 0.15) is 11.3 Å². The predicted molar refractivity (Wildman–Crippen MR) is 91.5 cm³/mol. The van der Waals surface area contributed by atoms with Gasteiger partial charge in [-0.2, -0.15) is 0 Å². The third-order valence-corrected chi connectivity index (χ3v) is 4.19. The van der Waals surface area contributed by atoms with Crippen molar-refractivity contribution in [1.29, 1.82) is 0 Å². The maximum Gasteiger partial charge on any atom is 0.257 e. The molecule has 0 saturated carbocycles. The summed E-state index contributed by atoms with van der Waals surface area (Å²) < 4.78 is 5.51. The number of phenolic OH excluding ortho intramolecular Hbond substituents is 1. The number of hydrogen-bond donors (Lipinski definition) is 2. The standard InChI is InChI=1S/C15H10Cl2N2O3S/c16-8-1-3-10(12(20)5-8)18-14(21)7-23-15-19-11-4-2-9(17)6-13(11)22-15/h1-6,20H,7H2,(H,18,21). The van der Waals surface area contributed by atoms with E-state index in [9.17, 15) is 9.90 Å². The molecular weight excluding hydrogens is 359 g/mol. The number of phenols is 1. The lowest BCUT2D eigenvalue weighted by Crippen LogP contribution is -2.14. The number of oxazole rings is 1. The summed E-state index contributed by atoms with van der Waals surface area (Å²) in [5.41, 5.74) is 1.53. The fourth-order valence-corrected chi connectivity index (χ4v) is 2.83. The second-order valence-corrected chi connectivity index (χ2v) is 6.39. The van der Waals surface area contributed by atoms with E-state index < -0.39 is 0 Å². The number of thioether (sulfide) groups is 1. The maximum atomic E-state index is 11.9. The molecule has 1 amide bonds. The van der Waals surface area contributed by atoms with Gasteiger partial charge in [-0.3, -0.25) is 4.79 Å². The van der Waals surface area contributed by atoms with Gasteiger partial charge < -0.3 is 14.8 Å². The molecule has 1 aromatic heterocycles. The number of hydrogen-bond acceptors (Lipinski definition) is 5. The Morgan fingerprint density at radius 2 is 1.96 bits per heavy atom. The van der Waals surface area contributed by atoms with E-state index in [2.05, 4.69) is 10.3 Å². The number of anilines is 1. The van der Waals surface area contributed by atoms with Crippen molar-refractivity contribution in [3.8, 4) is 5.75 Å². The second-order valence-electron chi connectivity index (χ2n) is 4.59. The summed E-state index contributed by atoms with van der Waals surface area (Å²) in [6.07, 6.45) is 0. The summed E-state index contributed by atoms with van der Waals surface area (Å²) in [6, 6.07) is 9.60. The number of benzene rings is 2. The SMILES string of the molecule is O=C(CSc1nc2ccc(Cl)cc2o1)Nc1ccc(Cl)cc1O. The molecule has 2 N–H and O–H groups in total. The number of nitrogens with zero attached hydrogens (tertiary/aromatic N) is 1. The lowest BCUT2D eigenvalue weighted by Gasteiger charge is -2.06. The highest BCUT2D eigenvalue weighted by Gasteiger charge is 2.11. The first kappa shape index (κ1) is 16.0. The average Bonchev–Trinajstić information content (AvgIpc) is 2.90. The van der Waals surface area contributed by atoms with Crippen LogP contribution >= 0.6 is 35.0 Å². The third-order valence-electron chi connectivity index (χ3n) is 2.89. The van der Waals surface area contributed by atoms with Gasteiger partial charge >= 0.3 is 0 Å². The second kappa shape index (κ2) is 6.70. The quantitative estimate of drug-likeness (QED) is 0.520. The first-order valence-corrected chi connectivity index (χ1v) is 8.23. The molecule has 0 fully saturated rings. The Balaban J connectivity index is 1.63. The van der Waals surface area contributed by atoms with Crippen LogP contribution in [0.25, 0.3) is 11.1 Å². The summed E-state index contributed by atoms with van der Waals surface area (Å²) in [5, 5.41) is 13.6. The van der Waals surface area contributed by atoms with Crippen molar-refractivity contribution in [2.45, 2.75) is 5.22 Å². The van der Waals surface area contributed by atoms with Crippen LogP contribution in [0, 0.1) is 0 Å². The molecule has 0 radical (unpaired) electrons. The van der Waals surface area contributed by atoms with Crippen LogP contribution in [0.3, 0.4) is 0 Å². The van der Waals surface area contributed by atoms with Gasteiger partial charge in [0.2, 0.25) is 5.91 Å². The van der Waals surface area contributed by atoms with Crippen LogP contribution in [-0.2, 0) is 4.79 Å². The van der Waals surface area contributed by atoms with Gasteiger partial charge in [-0.25, -0.2) is 4.98 Å². The van der Waals surface area contributed by atoms with Crippen LogP contribution in [0.4, 0.5) is 5.69 Å². The molecule has 0 bridgehead atoms. The zero-order valence-corrected chi connectivity index (χ0v) is 13.9. The minimum atomic E-state index is -0.298. The van der Waals surface area contributed by atoms with Gasteiger partial charge in [0, 0.05) is 22.2 Å². The summed E-state index contributed by atoms with van der Waals surface area (Å²) >= 11 is 12.8. The Bertz CT molecular complexity index is 882. The van der Waals surface area contributed by atoms with Gasteiger partial charge in [0.05, 0.1) is 11.4 Å². The van der Waals surface area contributed by atoms with Crippen LogP contribution in [0.2, 0.25) is 10.0 Å². The van der Waals surface area contributed by atoms with Gasteiger partial charge in [-0.1, -0.05) is 35.0 Å². The molecule has 0 atom stereocenters. The van der Waals surface area contributed by atoms with E-state index in [-0.39, 0.29) is 17.4 Å². The molecule has 5 nitrogen and oxygen atoms in total. The summed E-state index contributed by atoms with van der Waals surface area (Å²) in [6.45, 7) is 0. The van der Waals surface area contributed by atoms with E-state index in [0.717, 1.165) is 11.8 Å². The van der Waals surface area contributed by atoms with Crippen LogP contribution in [0.5, 0.6) is 5.75 Å². The Morgan fingerprint density at radius 1 is 1.22 bits per heavy atom. The van der Waals surface area contributed by atoms with Crippen LogP contribution in [0.15, 0.2) is 46.0 Å². The highest BCUT2D eigenvalue weighted by Crippen LogP contribution is 2.28. The number of fused-ring (bicyclic) bond motifs is 1. The summed E-state index contributed by atoms with van der Waals surface area (Å²) in [4.78, 5) is 16.2. The smallest absolute Gasteiger partial charge is 0.257 e. The average molecular weight is 369 g/mol. The molecule has 2 aromatic carbocycles. The number of carbonyl (C=O) groups is 1. The maximum absolute atomic E-state index is 11.9. The number of carbonyl (C=O) groups excluding carboxylic acids is 1. The number of amides is 1. The molecule has 0 spiro atoms. The molecule has 1 heterocycles. The van der Waals surface area contributed by atoms with Crippen molar-refractivity contribution in [3.05, 3.63) is 46.4 Å². The highest BCUT2D eigenvalue weighted by atomic mass is 35.5. The van der Waals surface area contributed by atoms with E-state index in [1.165, 1.54) is 12.1 Å². The Hall–Kier alpha value is -1.89. The first-order chi connectivity index (χ1) is 11.0. The topological polar surface area (TPSA) is 75.4 Å². The molecule has 23 heavy (non-hydrogen) atoms. The molecule has 8 heteroatoms. The number of aromatic hydroxyl groups is 1. The highest BCUT2D eigenvalue weighted by molar-refractivity contribution is 7.99. The third kappa shape index (κ3) is 3.90. The summed E-state index contributed by atoms with van der Waals surface area (Å²) in [7, 11) is 0. The van der Waals surface area contributed by atoms with E-state index >= 15 is 0 Å². The van der Waals surface area contributed by atoms with Crippen molar-refractivity contribution in [1.82, 2.24) is 4.98 Å². The van der Waals surface area contributed by atoms with Crippen molar-refractivity contribution in [3.63, 3.8) is 0 Å². The molecule has 118 valence electrons. The van der Waals surface area contributed by atoms with Crippen molar-refractivity contribution in [2.24, 2.45) is 0 Å². The Morgan fingerprint density at radius 3 is 2.74 bits per heavy atom. The van der Waals surface area contributed by atoms with Gasteiger partial charge in [0.15, 0.2) is 5.58 Å². The molecule has 3 rings (SSSR count). The number of halogens is 2. The fourth-order valence-electron chi connectivity index (χ4n) is 1.86. The Labute approximate surface area is 145 Å². The molecule has 0 aliphatic rings. The van der Waals surface area contributed by atoms with Crippen molar-refractivity contribution in [2.75, 3.05) is 11.1 Å². The first-order valence-electron chi connectivity index (χ1n) is 6.48. The fraction of sp³-hybridized carbons (Fsp3) is 0.0667. The zero-order chi connectivity index (χ0) is 16.4. The molecular formula is C15H10Cl2N2O3S. The van der Waals surface area contributed by atoms with Crippen LogP contribution < -0.4 is 5.32 Å². The minimum Gasteiger partial charge on any atom is -0.506 e. The van der Waals surface area contributed by atoms with Crippen molar-refractivity contribution >= 4 is 57.7 Å². The number of nitrogens with one attached hydrogen (secondary N) is 1.